The first kappa shape index (κ1) is 12.9. The Labute approximate surface area is 83.2 Å². The molecule has 0 rings (SSSR count). The molecule has 5 heteroatoms. The van der Waals surface area contributed by atoms with E-state index in [1.54, 1.807) is 6.92 Å². The Hall–Kier alpha value is -1.10. The van der Waals surface area contributed by atoms with Gasteiger partial charge < -0.3 is 15.6 Å². The number of nitrogens with two attached hydrogens (primary N) is 1. The van der Waals surface area contributed by atoms with Gasteiger partial charge in [-0.15, -0.1) is 0 Å². The molecule has 0 fully saturated rings. The van der Waals surface area contributed by atoms with E-state index in [2.05, 4.69) is 0 Å². The minimum Gasteiger partial charge on any atom is -0.463 e. The number of primary amides is 1. The van der Waals surface area contributed by atoms with Gasteiger partial charge in [0, 0.05) is 0 Å². The molecule has 1 amide bonds. The van der Waals surface area contributed by atoms with Crippen LogP contribution in [0.25, 0.3) is 0 Å². The molecule has 0 aromatic rings. The van der Waals surface area contributed by atoms with Crippen LogP contribution >= 0.6 is 0 Å². The van der Waals surface area contributed by atoms with Crippen molar-refractivity contribution < 1.29 is 19.4 Å². The van der Waals surface area contributed by atoms with Crippen LogP contribution in [0.2, 0.25) is 0 Å². The molecule has 2 unspecified atom stereocenters. The van der Waals surface area contributed by atoms with Crippen molar-refractivity contribution in [2.75, 3.05) is 6.61 Å². The monoisotopic (exact) mass is 203 g/mol. The minimum absolute atomic E-state index is 0.157. The maximum Gasteiger partial charge on any atom is 0.306 e. The molecule has 0 heterocycles. The van der Waals surface area contributed by atoms with E-state index in [0.717, 1.165) is 0 Å². The van der Waals surface area contributed by atoms with Gasteiger partial charge in [0.25, 0.3) is 0 Å². The molecule has 0 aromatic carbocycles. The van der Waals surface area contributed by atoms with Crippen molar-refractivity contribution in [3.63, 3.8) is 0 Å². The largest absolute Gasteiger partial charge is 0.463 e. The summed E-state index contributed by atoms with van der Waals surface area (Å²) in [6, 6.07) is 0. The fourth-order valence-electron chi connectivity index (χ4n) is 0.812. The molecule has 0 spiro atoms. The predicted octanol–water partition coefficient (Wildman–Crippen LogP) is -0.188. The lowest BCUT2D eigenvalue weighted by atomic mass is 10.1. The summed E-state index contributed by atoms with van der Waals surface area (Å²) in [7, 11) is 0. The summed E-state index contributed by atoms with van der Waals surface area (Å²) < 4.78 is 4.92. The third-order valence-electron chi connectivity index (χ3n) is 1.94. The van der Waals surface area contributed by atoms with Crippen molar-refractivity contribution in [3.8, 4) is 0 Å². The van der Waals surface area contributed by atoms with Gasteiger partial charge in [0.2, 0.25) is 5.91 Å². The highest BCUT2D eigenvalue weighted by atomic mass is 16.5. The zero-order valence-electron chi connectivity index (χ0n) is 8.53. The summed E-state index contributed by atoms with van der Waals surface area (Å²) >= 11 is 0. The molecule has 14 heavy (non-hydrogen) atoms. The summed E-state index contributed by atoms with van der Waals surface area (Å²) in [4.78, 5) is 21.8. The molecule has 82 valence electrons. The Morgan fingerprint density at radius 1 is 1.50 bits per heavy atom. The van der Waals surface area contributed by atoms with Crippen molar-refractivity contribution in [1.29, 1.82) is 0 Å². The van der Waals surface area contributed by atoms with Crippen molar-refractivity contribution in [1.82, 2.24) is 0 Å². The molecule has 0 aromatic heterocycles. The fourth-order valence-corrected chi connectivity index (χ4v) is 0.812. The van der Waals surface area contributed by atoms with E-state index in [0.29, 0.717) is 6.42 Å². The Kier molecular flexibility index (Phi) is 5.87. The number of carbonyl (C=O) groups excluding carboxylic acids is 2. The average Bonchev–Trinajstić information content (AvgIpc) is 2.13. The third kappa shape index (κ3) is 4.81. The van der Waals surface area contributed by atoms with E-state index in [1.807, 2.05) is 6.92 Å². The van der Waals surface area contributed by atoms with Crippen molar-refractivity contribution in [2.45, 2.75) is 32.8 Å². The number of ether oxygens (including phenoxy) is 1. The van der Waals surface area contributed by atoms with Crippen LogP contribution in [0, 0.1) is 5.92 Å². The van der Waals surface area contributed by atoms with Crippen LogP contribution in [0.1, 0.15) is 26.7 Å². The summed E-state index contributed by atoms with van der Waals surface area (Å²) in [5, 5.41) is 8.73. The lowest BCUT2D eigenvalue weighted by Crippen LogP contribution is -2.29. The van der Waals surface area contributed by atoms with Gasteiger partial charge in [-0.2, -0.15) is 0 Å². The van der Waals surface area contributed by atoms with Crippen LogP contribution in [0.15, 0.2) is 0 Å². The normalized spacial score (nSPS) is 14.5. The van der Waals surface area contributed by atoms with E-state index in [4.69, 9.17) is 15.6 Å². The number of rotatable bonds is 6. The zero-order valence-corrected chi connectivity index (χ0v) is 8.53. The second-order valence-corrected chi connectivity index (χ2v) is 3.19. The van der Waals surface area contributed by atoms with Crippen molar-refractivity contribution in [2.24, 2.45) is 11.7 Å². The van der Waals surface area contributed by atoms with Crippen LogP contribution in [0.4, 0.5) is 0 Å². The highest BCUT2D eigenvalue weighted by Crippen LogP contribution is 2.05. The Bertz CT molecular complexity index is 205. The van der Waals surface area contributed by atoms with Gasteiger partial charge in [-0.05, 0) is 13.3 Å². The second kappa shape index (κ2) is 6.37. The van der Waals surface area contributed by atoms with Crippen molar-refractivity contribution in [3.05, 3.63) is 0 Å². The standard InChI is InChI=1S/C9H17NO4/c1-3-6(2)14-8(12)4-7(5-11)9(10)13/h6-7,11H,3-5H2,1-2H3,(H2,10,13). The topological polar surface area (TPSA) is 89.6 Å². The molecule has 0 radical (unpaired) electrons. The molecule has 3 N–H and O–H groups in total. The third-order valence-corrected chi connectivity index (χ3v) is 1.94. The lowest BCUT2D eigenvalue weighted by Gasteiger charge is -2.13. The minimum atomic E-state index is -0.841. The summed E-state index contributed by atoms with van der Waals surface area (Å²) in [5.74, 6) is -2.03. The number of amides is 1. The smallest absolute Gasteiger partial charge is 0.306 e. The molecular formula is C9H17NO4. The highest BCUT2D eigenvalue weighted by Gasteiger charge is 2.20. The van der Waals surface area contributed by atoms with E-state index in [-0.39, 0.29) is 12.5 Å². The van der Waals surface area contributed by atoms with Gasteiger partial charge >= 0.3 is 5.97 Å². The number of aliphatic hydroxyl groups excluding tert-OH is 1. The number of carbonyl (C=O) groups is 2. The van der Waals surface area contributed by atoms with Crippen LogP contribution < -0.4 is 5.73 Å². The predicted molar refractivity (Wildman–Crippen MR) is 50.2 cm³/mol. The number of esters is 1. The molecule has 0 saturated carbocycles. The van der Waals surface area contributed by atoms with Crippen molar-refractivity contribution >= 4 is 11.9 Å². The molecule has 0 aliphatic rings. The molecule has 2 atom stereocenters. The molecular weight excluding hydrogens is 186 g/mol. The summed E-state index contributed by atoms with van der Waals surface area (Å²) in [6.07, 6.45) is 0.386. The Balaban J connectivity index is 3.97. The highest BCUT2D eigenvalue weighted by molar-refractivity contribution is 5.82. The molecule has 0 aliphatic carbocycles. The Morgan fingerprint density at radius 2 is 2.07 bits per heavy atom. The van der Waals surface area contributed by atoms with Gasteiger partial charge in [-0.1, -0.05) is 6.92 Å². The van der Waals surface area contributed by atoms with E-state index in [9.17, 15) is 9.59 Å². The van der Waals surface area contributed by atoms with E-state index >= 15 is 0 Å². The first-order chi connectivity index (χ1) is 6.51. The van der Waals surface area contributed by atoms with Crippen LogP contribution in [0.5, 0.6) is 0 Å². The number of hydrogen-bond acceptors (Lipinski definition) is 4. The maximum atomic E-state index is 11.1. The molecule has 5 nitrogen and oxygen atoms in total. The summed E-state index contributed by atoms with van der Waals surface area (Å²) in [5.41, 5.74) is 4.95. The average molecular weight is 203 g/mol. The maximum absolute atomic E-state index is 11.1. The molecule has 0 saturated heterocycles. The number of aliphatic hydroxyl groups is 1. The first-order valence-corrected chi connectivity index (χ1v) is 4.60. The van der Waals surface area contributed by atoms with Gasteiger partial charge in [-0.25, -0.2) is 0 Å². The summed E-state index contributed by atoms with van der Waals surface area (Å²) in [6.45, 7) is 3.22. The van der Waals surface area contributed by atoms with Gasteiger partial charge in [-0.3, -0.25) is 9.59 Å². The quantitative estimate of drug-likeness (QED) is 0.585. The van der Waals surface area contributed by atoms with E-state index < -0.39 is 24.4 Å². The second-order valence-electron chi connectivity index (χ2n) is 3.19. The van der Waals surface area contributed by atoms with Crippen LogP contribution in [-0.2, 0) is 14.3 Å². The van der Waals surface area contributed by atoms with Gasteiger partial charge in [0.05, 0.1) is 25.0 Å². The van der Waals surface area contributed by atoms with Crippen LogP contribution in [-0.4, -0.2) is 29.7 Å². The molecule has 0 bridgehead atoms. The fraction of sp³-hybridized carbons (Fsp3) is 0.778. The zero-order chi connectivity index (χ0) is 11.1. The van der Waals surface area contributed by atoms with E-state index in [1.165, 1.54) is 0 Å². The lowest BCUT2D eigenvalue weighted by molar-refractivity contribution is -0.151. The SMILES string of the molecule is CCC(C)OC(=O)CC(CO)C(N)=O. The number of hydrogen-bond donors (Lipinski definition) is 2. The van der Waals surface area contributed by atoms with Gasteiger partial charge in [0.1, 0.15) is 0 Å². The first-order valence-electron chi connectivity index (χ1n) is 4.60. The van der Waals surface area contributed by atoms with Crippen LogP contribution in [0.3, 0.4) is 0 Å². The van der Waals surface area contributed by atoms with Gasteiger partial charge in [0.15, 0.2) is 0 Å². The Morgan fingerprint density at radius 3 is 2.43 bits per heavy atom. The molecule has 0 aliphatic heterocycles.